The first-order valence-electron chi connectivity index (χ1n) is 11.7. The molecule has 1 aromatic heterocycles. The minimum absolute atomic E-state index is 0.0351. The van der Waals surface area contributed by atoms with Crippen LogP contribution in [0.4, 0.5) is 19.0 Å². The van der Waals surface area contributed by atoms with Gasteiger partial charge in [-0.1, -0.05) is 12.1 Å². The van der Waals surface area contributed by atoms with Gasteiger partial charge in [0.05, 0.1) is 5.56 Å². The maximum absolute atomic E-state index is 13.3. The lowest BCUT2D eigenvalue weighted by Crippen LogP contribution is -2.19. The Labute approximate surface area is 218 Å². The van der Waals surface area contributed by atoms with Crippen molar-refractivity contribution in [3.8, 4) is 23.0 Å². The molecule has 8 nitrogen and oxygen atoms in total. The van der Waals surface area contributed by atoms with E-state index in [2.05, 4.69) is 10.3 Å². The van der Waals surface area contributed by atoms with E-state index in [0.717, 1.165) is 17.7 Å². The van der Waals surface area contributed by atoms with Gasteiger partial charge in [0.15, 0.2) is 0 Å². The van der Waals surface area contributed by atoms with Gasteiger partial charge >= 0.3 is 12.1 Å². The van der Waals surface area contributed by atoms with E-state index in [4.69, 9.17) is 14.2 Å². The Hall–Kier alpha value is -4.12. The Morgan fingerprint density at radius 3 is 2.42 bits per heavy atom. The number of nitrogens with one attached hydrogen (secondary N) is 1. The van der Waals surface area contributed by atoms with Crippen molar-refractivity contribution in [1.29, 1.82) is 0 Å². The highest BCUT2D eigenvalue weighted by molar-refractivity contribution is 5.87. The Morgan fingerprint density at radius 2 is 1.71 bits per heavy atom. The van der Waals surface area contributed by atoms with E-state index >= 15 is 0 Å². The maximum Gasteiger partial charge on any atom is 0.416 e. The van der Waals surface area contributed by atoms with E-state index in [0.29, 0.717) is 23.9 Å². The van der Waals surface area contributed by atoms with Crippen LogP contribution in [0.25, 0.3) is 0 Å². The third kappa shape index (κ3) is 9.40. The number of hydrogen-bond donors (Lipinski definition) is 1. The monoisotopic (exact) mass is 531 g/mol. The van der Waals surface area contributed by atoms with Crippen LogP contribution in [0, 0.1) is 0 Å². The summed E-state index contributed by atoms with van der Waals surface area (Å²) in [5, 5.41) is 2.57. The van der Waals surface area contributed by atoms with Crippen molar-refractivity contribution < 1.29 is 37.0 Å². The number of likely N-dealkylation sites (N-methyl/N-ethyl adjacent to an activating group) is 1. The topological polar surface area (TPSA) is 90.0 Å². The zero-order valence-corrected chi connectivity index (χ0v) is 21.2. The van der Waals surface area contributed by atoms with Gasteiger partial charge in [-0.2, -0.15) is 13.2 Å². The number of carbonyl (C=O) groups is 2. The average Bonchev–Trinajstić information content (AvgIpc) is 2.82. The third-order valence-corrected chi connectivity index (χ3v) is 5.03. The molecule has 0 spiro atoms. The van der Waals surface area contributed by atoms with Crippen LogP contribution in [0.5, 0.6) is 23.0 Å². The molecule has 3 rings (SSSR count). The van der Waals surface area contributed by atoms with Crippen molar-refractivity contribution in [2.45, 2.75) is 25.9 Å². The van der Waals surface area contributed by atoms with Crippen LogP contribution in [-0.2, 0) is 22.2 Å². The van der Waals surface area contributed by atoms with Gasteiger partial charge in [-0.3, -0.25) is 9.59 Å². The number of benzene rings is 2. The number of halogens is 3. The molecule has 0 saturated heterocycles. The van der Waals surface area contributed by atoms with E-state index in [-0.39, 0.29) is 36.9 Å². The van der Waals surface area contributed by atoms with E-state index in [1.165, 1.54) is 19.2 Å². The summed E-state index contributed by atoms with van der Waals surface area (Å²) < 4.78 is 56.5. The number of alkyl halides is 3. The second-order valence-corrected chi connectivity index (χ2v) is 8.62. The Bertz CT molecular complexity index is 1260. The number of amides is 1. The molecule has 38 heavy (non-hydrogen) atoms. The lowest BCUT2D eigenvalue weighted by molar-refractivity contribution is -0.139. The van der Waals surface area contributed by atoms with E-state index in [9.17, 15) is 22.8 Å². The van der Waals surface area contributed by atoms with Gasteiger partial charge in [-0.15, -0.1) is 0 Å². The second-order valence-electron chi connectivity index (χ2n) is 8.62. The normalized spacial score (nSPS) is 11.2. The van der Waals surface area contributed by atoms with Crippen LogP contribution < -0.4 is 19.5 Å². The number of nitrogens with zero attached hydrogens (tertiary/aromatic N) is 2. The molecule has 0 fully saturated rings. The molecule has 3 aromatic rings. The van der Waals surface area contributed by atoms with Crippen LogP contribution in [0.15, 0.2) is 60.8 Å². The molecule has 1 amide bonds. The summed E-state index contributed by atoms with van der Waals surface area (Å²) >= 11 is 0. The minimum atomic E-state index is -4.62. The molecule has 0 atom stereocenters. The highest BCUT2D eigenvalue weighted by Gasteiger charge is 2.32. The first kappa shape index (κ1) is 28.5. The Morgan fingerprint density at radius 1 is 0.974 bits per heavy atom. The number of rotatable bonds is 11. The molecule has 11 heteroatoms. The fourth-order valence-corrected chi connectivity index (χ4v) is 3.28. The molecule has 0 aliphatic rings. The van der Waals surface area contributed by atoms with Crippen LogP contribution in [-0.4, -0.2) is 49.0 Å². The van der Waals surface area contributed by atoms with Crippen molar-refractivity contribution in [1.82, 2.24) is 9.88 Å². The molecule has 0 aliphatic heterocycles. The second kappa shape index (κ2) is 12.9. The summed E-state index contributed by atoms with van der Waals surface area (Å²) in [6.45, 7) is 2.05. The van der Waals surface area contributed by atoms with Crippen LogP contribution in [0.2, 0.25) is 0 Å². The molecule has 1 heterocycles. The molecule has 0 radical (unpaired) electrons. The standard InChI is InChI=1S/C27H28F3N3O5/c1-18(34)32-25-17-22(9-10-31-25)37-21-6-4-5-19(13-21)7-8-26(35)38-24-15-20(27(28,29)30)14-23(16-24)36-12-11-33(2)3/h4-6,9-10,13-17H,7-8,11-12H2,1-3H3,(H,31,32,34). The van der Waals surface area contributed by atoms with Crippen molar-refractivity contribution in [2.75, 3.05) is 32.6 Å². The molecule has 0 unspecified atom stereocenters. The number of aryl methyl sites for hydroxylation is 1. The number of aromatic nitrogens is 1. The largest absolute Gasteiger partial charge is 0.492 e. The van der Waals surface area contributed by atoms with Gasteiger partial charge in [0.2, 0.25) is 5.91 Å². The van der Waals surface area contributed by atoms with Crippen molar-refractivity contribution in [3.63, 3.8) is 0 Å². The molecular formula is C27H28F3N3O5. The Balaban J connectivity index is 1.62. The molecule has 0 saturated carbocycles. The lowest BCUT2D eigenvalue weighted by Gasteiger charge is -2.15. The van der Waals surface area contributed by atoms with Gasteiger partial charge in [0.25, 0.3) is 0 Å². The molecular weight excluding hydrogens is 503 g/mol. The first-order valence-corrected chi connectivity index (χ1v) is 11.7. The SMILES string of the molecule is CC(=O)Nc1cc(Oc2cccc(CCC(=O)Oc3cc(OCCN(C)C)cc(C(F)(F)F)c3)c2)ccn1. The van der Waals surface area contributed by atoms with Crippen LogP contribution >= 0.6 is 0 Å². The van der Waals surface area contributed by atoms with Gasteiger partial charge in [0, 0.05) is 38.2 Å². The Kier molecular flexibility index (Phi) is 9.66. The molecule has 2 aromatic carbocycles. The number of anilines is 1. The van der Waals surface area contributed by atoms with E-state index < -0.39 is 17.7 Å². The summed E-state index contributed by atoms with van der Waals surface area (Å²) in [6.07, 6.45) is -2.93. The van der Waals surface area contributed by atoms with Crippen LogP contribution in [0.3, 0.4) is 0 Å². The third-order valence-electron chi connectivity index (χ3n) is 5.03. The fraction of sp³-hybridized carbons (Fsp3) is 0.296. The summed E-state index contributed by atoms with van der Waals surface area (Å²) in [5.41, 5.74) is -0.211. The van der Waals surface area contributed by atoms with Gasteiger partial charge in [-0.05, 0) is 56.4 Å². The summed E-state index contributed by atoms with van der Waals surface area (Å²) in [5.74, 6) is 0.0590. The molecule has 0 aliphatic carbocycles. The van der Waals surface area contributed by atoms with Gasteiger partial charge in [0.1, 0.15) is 35.4 Å². The van der Waals surface area contributed by atoms with Gasteiger partial charge in [-0.25, -0.2) is 4.98 Å². The minimum Gasteiger partial charge on any atom is -0.492 e. The number of pyridine rings is 1. The van der Waals surface area contributed by atoms with Crippen LogP contribution in [0.1, 0.15) is 24.5 Å². The van der Waals surface area contributed by atoms with Gasteiger partial charge < -0.3 is 24.4 Å². The van der Waals surface area contributed by atoms with Crippen molar-refractivity contribution >= 4 is 17.7 Å². The zero-order chi connectivity index (χ0) is 27.7. The zero-order valence-electron chi connectivity index (χ0n) is 21.2. The first-order chi connectivity index (χ1) is 18.0. The highest BCUT2D eigenvalue weighted by atomic mass is 19.4. The predicted octanol–water partition coefficient (Wildman–Crippen LogP) is 5.33. The average molecular weight is 532 g/mol. The number of esters is 1. The number of carbonyl (C=O) groups excluding carboxylic acids is 2. The molecule has 0 bridgehead atoms. The molecule has 202 valence electrons. The highest BCUT2D eigenvalue weighted by Crippen LogP contribution is 2.35. The summed E-state index contributed by atoms with van der Waals surface area (Å²) in [4.78, 5) is 29.5. The maximum atomic E-state index is 13.3. The number of ether oxygens (including phenoxy) is 3. The smallest absolute Gasteiger partial charge is 0.416 e. The lowest BCUT2D eigenvalue weighted by atomic mass is 10.1. The quantitative estimate of drug-likeness (QED) is 0.264. The fourth-order valence-electron chi connectivity index (χ4n) is 3.28. The molecule has 1 N–H and O–H groups in total. The van der Waals surface area contributed by atoms with Crippen molar-refractivity contribution in [2.24, 2.45) is 0 Å². The predicted molar refractivity (Wildman–Crippen MR) is 135 cm³/mol. The summed E-state index contributed by atoms with van der Waals surface area (Å²) in [6, 6.07) is 13.1. The van der Waals surface area contributed by atoms with E-state index in [1.807, 2.05) is 19.0 Å². The van der Waals surface area contributed by atoms with E-state index in [1.54, 1.807) is 36.4 Å². The number of hydrogen-bond acceptors (Lipinski definition) is 7. The summed E-state index contributed by atoms with van der Waals surface area (Å²) in [7, 11) is 3.63. The van der Waals surface area contributed by atoms with Crippen molar-refractivity contribution in [3.05, 3.63) is 71.9 Å².